The SMILES string of the molecule is COc1cc2c(cc1OC)CN(CC(=O)N[C@H](Cc1ccccc1)C(C)=O)CC2. The molecule has 29 heavy (non-hydrogen) atoms. The standard InChI is InChI=1S/C23H28N2O4/c1-16(26)20(11-17-7-5-4-6-8-17)24-23(27)15-25-10-9-18-12-21(28-2)22(29-3)13-19(18)14-25/h4-8,12-13,20H,9-11,14-15H2,1-3H3,(H,24,27)/t20-/m1/s1. The molecule has 2 aromatic rings. The zero-order valence-corrected chi connectivity index (χ0v) is 17.2. The molecule has 1 N–H and O–H groups in total. The summed E-state index contributed by atoms with van der Waals surface area (Å²) in [7, 11) is 3.25. The van der Waals surface area contributed by atoms with Gasteiger partial charge in [-0.1, -0.05) is 30.3 Å². The Bertz CT molecular complexity index is 867. The Hall–Kier alpha value is -2.86. The van der Waals surface area contributed by atoms with Crippen molar-refractivity contribution in [3.8, 4) is 11.5 Å². The maximum Gasteiger partial charge on any atom is 0.234 e. The minimum Gasteiger partial charge on any atom is -0.493 e. The fourth-order valence-electron chi connectivity index (χ4n) is 3.67. The van der Waals surface area contributed by atoms with Crippen molar-refractivity contribution >= 4 is 11.7 Å². The fourth-order valence-corrected chi connectivity index (χ4v) is 3.67. The summed E-state index contributed by atoms with van der Waals surface area (Å²) in [5, 5.41) is 2.90. The van der Waals surface area contributed by atoms with E-state index in [0.29, 0.717) is 18.7 Å². The minimum atomic E-state index is -0.508. The topological polar surface area (TPSA) is 67.9 Å². The van der Waals surface area contributed by atoms with Gasteiger partial charge in [-0.3, -0.25) is 14.5 Å². The van der Waals surface area contributed by atoms with Gasteiger partial charge < -0.3 is 14.8 Å². The van der Waals surface area contributed by atoms with Crippen molar-refractivity contribution in [2.75, 3.05) is 27.3 Å². The van der Waals surface area contributed by atoms with Crippen LogP contribution in [0.5, 0.6) is 11.5 Å². The number of methoxy groups -OCH3 is 2. The summed E-state index contributed by atoms with van der Waals surface area (Å²) in [6.45, 7) is 3.21. The predicted molar refractivity (Wildman–Crippen MR) is 111 cm³/mol. The third kappa shape index (κ3) is 5.35. The van der Waals surface area contributed by atoms with Crippen LogP contribution in [0.15, 0.2) is 42.5 Å². The summed E-state index contributed by atoms with van der Waals surface area (Å²) < 4.78 is 10.8. The van der Waals surface area contributed by atoms with Gasteiger partial charge in [0.25, 0.3) is 0 Å². The summed E-state index contributed by atoms with van der Waals surface area (Å²) >= 11 is 0. The van der Waals surface area contributed by atoms with Crippen molar-refractivity contribution in [3.63, 3.8) is 0 Å². The molecule has 0 spiro atoms. The van der Waals surface area contributed by atoms with Gasteiger partial charge in [0.2, 0.25) is 5.91 Å². The number of hydrogen-bond donors (Lipinski definition) is 1. The highest BCUT2D eigenvalue weighted by atomic mass is 16.5. The van der Waals surface area contributed by atoms with Gasteiger partial charge in [0, 0.05) is 13.1 Å². The Labute approximate surface area is 171 Å². The van der Waals surface area contributed by atoms with E-state index in [0.717, 1.165) is 29.8 Å². The molecule has 1 aliphatic heterocycles. The van der Waals surface area contributed by atoms with E-state index in [9.17, 15) is 9.59 Å². The molecule has 0 bridgehead atoms. The number of benzene rings is 2. The van der Waals surface area contributed by atoms with E-state index >= 15 is 0 Å². The van der Waals surface area contributed by atoms with Gasteiger partial charge in [0.1, 0.15) is 0 Å². The number of ether oxygens (including phenoxy) is 2. The summed E-state index contributed by atoms with van der Waals surface area (Å²) in [6.07, 6.45) is 1.34. The first-order valence-electron chi connectivity index (χ1n) is 9.80. The molecule has 1 aliphatic rings. The summed E-state index contributed by atoms with van der Waals surface area (Å²) in [4.78, 5) is 26.7. The zero-order chi connectivity index (χ0) is 20.8. The van der Waals surface area contributed by atoms with Crippen molar-refractivity contribution in [3.05, 3.63) is 59.2 Å². The van der Waals surface area contributed by atoms with E-state index in [1.807, 2.05) is 42.5 Å². The third-order valence-corrected chi connectivity index (χ3v) is 5.27. The lowest BCUT2D eigenvalue weighted by Gasteiger charge is -2.29. The summed E-state index contributed by atoms with van der Waals surface area (Å²) in [5.74, 6) is 1.24. The Morgan fingerprint density at radius 1 is 1.07 bits per heavy atom. The largest absolute Gasteiger partial charge is 0.493 e. The zero-order valence-electron chi connectivity index (χ0n) is 17.2. The lowest BCUT2D eigenvalue weighted by atomic mass is 9.98. The molecule has 154 valence electrons. The Morgan fingerprint density at radius 2 is 1.72 bits per heavy atom. The van der Waals surface area contributed by atoms with Crippen LogP contribution < -0.4 is 14.8 Å². The average molecular weight is 396 g/mol. The number of carbonyl (C=O) groups excluding carboxylic acids is 2. The van der Waals surface area contributed by atoms with E-state index in [4.69, 9.17) is 9.47 Å². The van der Waals surface area contributed by atoms with Gasteiger partial charge in [-0.25, -0.2) is 0 Å². The molecule has 0 aromatic heterocycles. The van der Waals surface area contributed by atoms with Crippen molar-refractivity contribution in [1.29, 1.82) is 0 Å². The Balaban J connectivity index is 1.61. The van der Waals surface area contributed by atoms with E-state index in [1.165, 1.54) is 12.5 Å². The molecule has 0 fully saturated rings. The Kier molecular flexibility index (Phi) is 6.88. The molecule has 6 nitrogen and oxygen atoms in total. The molecule has 2 aromatic carbocycles. The second-order valence-corrected chi connectivity index (χ2v) is 7.36. The summed E-state index contributed by atoms with van der Waals surface area (Å²) in [6, 6.07) is 13.2. The molecule has 3 rings (SSSR count). The molecule has 0 saturated heterocycles. The van der Waals surface area contributed by atoms with Gasteiger partial charge in [0.05, 0.1) is 26.8 Å². The monoisotopic (exact) mass is 396 g/mol. The van der Waals surface area contributed by atoms with Gasteiger partial charge in [-0.15, -0.1) is 0 Å². The fraction of sp³-hybridized carbons (Fsp3) is 0.391. The smallest absolute Gasteiger partial charge is 0.234 e. The number of nitrogens with one attached hydrogen (secondary N) is 1. The van der Waals surface area contributed by atoms with E-state index in [-0.39, 0.29) is 18.2 Å². The number of carbonyl (C=O) groups is 2. The minimum absolute atomic E-state index is 0.0389. The molecular formula is C23H28N2O4. The van der Waals surface area contributed by atoms with Gasteiger partial charge in [-0.05, 0) is 48.6 Å². The second-order valence-electron chi connectivity index (χ2n) is 7.36. The lowest BCUT2D eigenvalue weighted by molar-refractivity contribution is -0.127. The predicted octanol–water partition coefficient (Wildman–Crippen LogP) is 2.38. The Morgan fingerprint density at radius 3 is 2.34 bits per heavy atom. The van der Waals surface area contributed by atoms with Crippen LogP contribution in [0.4, 0.5) is 0 Å². The first-order chi connectivity index (χ1) is 14.0. The molecule has 1 atom stereocenters. The maximum absolute atomic E-state index is 12.6. The highest BCUT2D eigenvalue weighted by Gasteiger charge is 2.23. The molecule has 6 heteroatoms. The van der Waals surface area contributed by atoms with Crippen LogP contribution in [-0.2, 0) is 29.0 Å². The van der Waals surface area contributed by atoms with Crippen LogP contribution in [0.25, 0.3) is 0 Å². The van der Waals surface area contributed by atoms with Crippen LogP contribution in [0.3, 0.4) is 0 Å². The van der Waals surface area contributed by atoms with Crippen molar-refractivity contribution in [1.82, 2.24) is 10.2 Å². The molecule has 0 saturated carbocycles. The number of hydrogen-bond acceptors (Lipinski definition) is 5. The highest BCUT2D eigenvalue weighted by molar-refractivity contribution is 5.88. The first-order valence-corrected chi connectivity index (χ1v) is 9.80. The van der Waals surface area contributed by atoms with Gasteiger partial charge >= 0.3 is 0 Å². The van der Waals surface area contributed by atoms with Crippen LogP contribution in [0.2, 0.25) is 0 Å². The van der Waals surface area contributed by atoms with Gasteiger partial charge in [0.15, 0.2) is 17.3 Å². The van der Waals surface area contributed by atoms with Crippen LogP contribution in [0.1, 0.15) is 23.6 Å². The van der Waals surface area contributed by atoms with E-state index in [1.54, 1.807) is 14.2 Å². The van der Waals surface area contributed by atoms with Crippen LogP contribution in [0, 0.1) is 0 Å². The molecule has 0 unspecified atom stereocenters. The number of amides is 1. The number of Topliss-reactive ketones (excluding diaryl/α,β-unsaturated/α-hetero) is 1. The average Bonchev–Trinajstić information content (AvgIpc) is 2.72. The molecule has 0 radical (unpaired) electrons. The van der Waals surface area contributed by atoms with E-state index < -0.39 is 6.04 Å². The molecule has 1 amide bonds. The lowest BCUT2D eigenvalue weighted by Crippen LogP contribution is -2.46. The van der Waals surface area contributed by atoms with Crippen LogP contribution in [-0.4, -0.2) is 49.9 Å². The normalized spacial score (nSPS) is 14.6. The quantitative estimate of drug-likeness (QED) is 0.742. The number of nitrogens with zero attached hydrogens (tertiary/aromatic N) is 1. The van der Waals surface area contributed by atoms with Crippen molar-refractivity contribution in [2.24, 2.45) is 0 Å². The number of ketones is 1. The molecule has 1 heterocycles. The van der Waals surface area contributed by atoms with Gasteiger partial charge in [-0.2, -0.15) is 0 Å². The molecular weight excluding hydrogens is 368 g/mol. The number of fused-ring (bicyclic) bond motifs is 1. The summed E-state index contributed by atoms with van der Waals surface area (Å²) in [5.41, 5.74) is 3.38. The van der Waals surface area contributed by atoms with Crippen LogP contribution >= 0.6 is 0 Å². The molecule has 0 aliphatic carbocycles. The first kappa shape index (κ1) is 20.9. The van der Waals surface area contributed by atoms with Crippen molar-refractivity contribution < 1.29 is 19.1 Å². The highest BCUT2D eigenvalue weighted by Crippen LogP contribution is 2.33. The third-order valence-electron chi connectivity index (χ3n) is 5.27. The van der Waals surface area contributed by atoms with Crippen molar-refractivity contribution in [2.45, 2.75) is 32.4 Å². The maximum atomic E-state index is 12.6. The number of rotatable bonds is 8. The van der Waals surface area contributed by atoms with E-state index in [2.05, 4.69) is 10.2 Å². The second kappa shape index (κ2) is 9.56.